The lowest BCUT2D eigenvalue weighted by atomic mass is 9.77. The highest BCUT2D eigenvalue weighted by molar-refractivity contribution is 5.56. The fourth-order valence-electron chi connectivity index (χ4n) is 2.13. The van der Waals surface area contributed by atoms with E-state index in [1.165, 1.54) is 18.4 Å². The van der Waals surface area contributed by atoms with Crippen LogP contribution in [0.15, 0.2) is 11.6 Å². The van der Waals surface area contributed by atoms with Gasteiger partial charge in [-0.05, 0) is 43.7 Å². The quantitative estimate of drug-likeness (QED) is 0.479. The predicted molar refractivity (Wildman–Crippen MR) is 53.6 cm³/mol. The van der Waals surface area contributed by atoms with Gasteiger partial charge in [0.15, 0.2) is 0 Å². The number of rotatable bonds is 2. The standard InChI is InChI=1S/C11H19N/c1-8-4-9(2)6-11(5-8)10(3)7-12/h4,7-8,10-12H,5-6H2,1-3H3. The SMILES string of the molecule is CC1=CC(C)CC(C(C)C=N)C1. The lowest BCUT2D eigenvalue weighted by Gasteiger charge is -2.28. The Morgan fingerprint density at radius 1 is 1.67 bits per heavy atom. The normalized spacial score (nSPS) is 32.4. The van der Waals surface area contributed by atoms with Crippen LogP contribution >= 0.6 is 0 Å². The average Bonchev–Trinajstić information content (AvgIpc) is 2.01. The van der Waals surface area contributed by atoms with Gasteiger partial charge in [0.2, 0.25) is 0 Å². The second-order valence-corrected chi connectivity index (χ2v) is 4.22. The molecule has 3 unspecified atom stereocenters. The number of nitrogens with one attached hydrogen (secondary N) is 1. The van der Waals surface area contributed by atoms with Crippen molar-refractivity contribution in [2.75, 3.05) is 0 Å². The van der Waals surface area contributed by atoms with Crippen molar-refractivity contribution in [2.45, 2.75) is 33.6 Å². The molecule has 68 valence electrons. The summed E-state index contributed by atoms with van der Waals surface area (Å²) in [7, 11) is 0. The van der Waals surface area contributed by atoms with E-state index < -0.39 is 0 Å². The Morgan fingerprint density at radius 3 is 2.83 bits per heavy atom. The van der Waals surface area contributed by atoms with Gasteiger partial charge in [0.25, 0.3) is 0 Å². The fourth-order valence-corrected chi connectivity index (χ4v) is 2.13. The van der Waals surface area contributed by atoms with Gasteiger partial charge in [0, 0.05) is 0 Å². The Bertz CT molecular complexity index is 193. The van der Waals surface area contributed by atoms with E-state index in [1.807, 2.05) is 0 Å². The van der Waals surface area contributed by atoms with Crippen LogP contribution in [0.25, 0.3) is 0 Å². The van der Waals surface area contributed by atoms with Gasteiger partial charge >= 0.3 is 0 Å². The molecule has 0 bridgehead atoms. The molecule has 1 nitrogen and oxygen atoms in total. The molecule has 3 atom stereocenters. The van der Waals surface area contributed by atoms with E-state index in [4.69, 9.17) is 5.41 Å². The summed E-state index contributed by atoms with van der Waals surface area (Å²) in [5.41, 5.74) is 1.51. The molecule has 0 saturated carbocycles. The minimum atomic E-state index is 0.455. The van der Waals surface area contributed by atoms with Crippen LogP contribution in [0, 0.1) is 23.2 Å². The van der Waals surface area contributed by atoms with Gasteiger partial charge in [0.1, 0.15) is 0 Å². The largest absolute Gasteiger partial charge is 0.313 e. The summed E-state index contributed by atoms with van der Waals surface area (Å²) in [6.07, 6.45) is 6.41. The highest BCUT2D eigenvalue weighted by Gasteiger charge is 2.21. The summed E-state index contributed by atoms with van der Waals surface area (Å²) in [6.45, 7) is 6.63. The van der Waals surface area contributed by atoms with Crippen molar-refractivity contribution in [1.29, 1.82) is 5.41 Å². The van der Waals surface area contributed by atoms with E-state index in [0.717, 1.165) is 0 Å². The average molecular weight is 165 g/mol. The van der Waals surface area contributed by atoms with Crippen LogP contribution in [-0.4, -0.2) is 6.21 Å². The van der Waals surface area contributed by atoms with Crippen LogP contribution in [0.1, 0.15) is 33.6 Å². The maximum atomic E-state index is 7.23. The van der Waals surface area contributed by atoms with Crippen molar-refractivity contribution in [3.05, 3.63) is 11.6 Å². The maximum Gasteiger partial charge on any atom is -0.00166 e. The van der Waals surface area contributed by atoms with Gasteiger partial charge in [-0.2, -0.15) is 0 Å². The second kappa shape index (κ2) is 3.88. The molecule has 0 spiro atoms. The van der Waals surface area contributed by atoms with Crippen LogP contribution in [0.5, 0.6) is 0 Å². The highest BCUT2D eigenvalue weighted by atomic mass is 14.4. The third-order valence-electron chi connectivity index (χ3n) is 2.83. The zero-order chi connectivity index (χ0) is 9.14. The lowest BCUT2D eigenvalue weighted by Crippen LogP contribution is -2.19. The van der Waals surface area contributed by atoms with Crippen molar-refractivity contribution in [3.63, 3.8) is 0 Å². The summed E-state index contributed by atoms with van der Waals surface area (Å²) in [5.74, 6) is 1.88. The van der Waals surface area contributed by atoms with Gasteiger partial charge in [-0.25, -0.2) is 0 Å². The van der Waals surface area contributed by atoms with Crippen molar-refractivity contribution in [1.82, 2.24) is 0 Å². The molecule has 0 aliphatic heterocycles. The van der Waals surface area contributed by atoms with E-state index >= 15 is 0 Å². The monoisotopic (exact) mass is 165 g/mol. The summed E-state index contributed by atoms with van der Waals surface area (Å²) < 4.78 is 0. The second-order valence-electron chi connectivity index (χ2n) is 4.22. The summed E-state index contributed by atoms with van der Waals surface area (Å²) in [4.78, 5) is 0. The van der Waals surface area contributed by atoms with Crippen LogP contribution in [-0.2, 0) is 0 Å². The van der Waals surface area contributed by atoms with Gasteiger partial charge in [-0.1, -0.05) is 25.5 Å². The Hall–Kier alpha value is -0.590. The highest BCUT2D eigenvalue weighted by Crippen LogP contribution is 2.31. The van der Waals surface area contributed by atoms with Crippen LogP contribution < -0.4 is 0 Å². The van der Waals surface area contributed by atoms with E-state index in [1.54, 1.807) is 6.21 Å². The maximum absolute atomic E-state index is 7.23. The van der Waals surface area contributed by atoms with E-state index in [2.05, 4.69) is 26.8 Å². The Balaban J connectivity index is 2.60. The minimum Gasteiger partial charge on any atom is -0.313 e. The molecule has 1 N–H and O–H groups in total. The number of allylic oxidation sites excluding steroid dienone is 2. The van der Waals surface area contributed by atoms with Gasteiger partial charge < -0.3 is 5.41 Å². The Labute approximate surface area is 75.4 Å². The molecule has 0 fully saturated rings. The van der Waals surface area contributed by atoms with Gasteiger partial charge in [-0.3, -0.25) is 0 Å². The molecule has 0 aromatic rings. The van der Waals surface area contributed by atoms with E-state index in [0.29, 0.717) is 17.8 Å². The lowest BCUT2D eigenvalue weighted by molar-refractivity contribution is 0.352. The van der Waals surface area contributed by atoms with E-state index in [9.17, 15) is 0 Å². The fraction of sp³-hybridized carbons (Fsp3) is 0.727. The van der Waals surface area contributed by atoms with Gasteiger partial charge in [0.05, 0.1) is 0 Å². The third-order valence-corrected chi connectivity index (χ3v) is 2.83. The Kier molecular flexibility index (Phi) is 3.07. The van der Waals surface area contributed by atoms with Crippen molar-refractivity contribution >= 4 is 6.21 Å². The molecule has 1 aliphatic rings. The molecular formula is C11H19N. The number of hydrogen-bond acceptors (Lipinski definition) is 1. The minimum absolute atomic E-state index is 0.455. The molecule has 0 aromatic carbocycles. The number of hydrogen-bond donors (Lipinski definition) is 1. The zero-order valence-electron chi connectivity index (χ0n) is 8.30. The topological polar surface area (TPSA) is 23.9 Å². The molecular weight excluding hydrogens is 146 g/mol. The van der Waals surface area contributed by atoms with Crippen molar-refractivity contribution in [3.8, 4) is 0 Å². The predicted octanol–water partition coefficient (Wildman–Crippen LogP) is 3.26. The molecule has 0 radical (unpaired) electrons. The molecule has 1 rings (SSSR count). The smallest absolute Gasteiger partial charge is 0.00166 e. The first-order valence-electron chi connectivity index (χ1n) is 4.81. The van der Waals surface area contributed by atoms with Crippen LogP contribution in [0.3, 0.4) is 0 Å². The molecule has 1 heteroatoms. The first kappa shape index (κ1) is 9.50. The van der Waals surface area contributed by atoms with Crippen LogP contribution in [0.4, 0.5) is 0 Å². The molecule has 0 heterocycles. The third kappa shape index (κ3) is 2.20. The first-order valence-corrected chi connectivity index (χ1v) is 4.81. The Morgan fingerprint density at radius 2 is 2.33 bits per heavy atom. The molecule has 1 aliphatic carbocycles. The molecule has 0 aromatic heterocycles. The summed E-state index contributed by atoms with van der Waals surface area (Å²) in [5, 5.41) is 7.23. The summed E-state index contributed by atoms with van der Waals surface area (Å²) in [6, 6.07) is 0. The van der Waals surface area contributed by atoms with Crippen LogP contribution in [0.2, 0.25) is 0 Å². The van der Waals surface area contributed by atoms with E-state index in [-0.39, 0.29) is 0 Å². The zero-order valence-corrected chi connectivity index (χ0v) is 8.30. The van der Waals surface area contributed by atoms with Crippen molar-refractivity contribution in [2.24, 2.45) is 17.8 Å². The first-order chi connectivity index (χ1) is 5.63. The molecule has 0 amide bonds. The molecule has 0 saturated heterocycles. The van der Waals surface area contributed by atoms with Gasteiger partial charge in [-0.15, -0.1) is 0 Å². The molecule has 12 heavy (non-hydrogen) atoms. The summed E-state index contributed by atoms with van der Waals surface area (Å²) >= 11 is 0. The van der Waals surface area contributed by atoms with Crippen molar-refractivity contribution < 1.29 is 0 Å².